The van der Waals surface area contributed by atoms with Crippen LogP contribution in [-0.2, 0) is 6.42 Å². The first-order chi connectivity index (χ1) is 11.1. The van der Waals surface area contributed by atoms with Gasteiger partial charge in [-0.05, 0) is 42.5 Å². The number of rotatable bonds is 7. The van der Waals surface area contributed by atoms with Gasteiger partial charge >= 0.3 is 6.03 Å². The fraction of sp³-hybridized carbons (Fsp3) is 0.421. The molecule has 2 N–H and O–H groups in total. The Morgan fingerprint density at radius 1 is 1.22 bits per heavy atom. The maximum Gasteiger partial charge on any atom is 0.317 e. The number of hydrogen-bond acceptors (Lipinski definition) is 2. The predicted molar refractivity (Wildman–Crippen MR) is 94.6 cm³/mol. The van der Waals surface area contributed by atoms with Gasteiger partial charge in [0.25, 0.3) is 0 Å². The zero-order chi connectivity index (χ0) is 16.7. The molecule has 0 aliphatic carbocycles. The summed E-state index contributed by atoms with van der Waals surface area (Å²) >= 11 is 0. The van der Waals surface area contributed by atoms with Crippen molar-refractivity contribution in [2.24, 2.45) is 0 Å². The molecule has 0 aromatic heterocycles. The molecule has 0 aliphatic heterocycles. The molecule has 0 heterocycles. The summed E-state index contributed by atoms with van der Waals surface area (Å²) in [5.74, 6) is 0. The van der Waals surface area contributed by atoms with Crippen LogP contribution < -0.4 is 5.32 Å². The lowest BCUT2D eigenvalue weighted by molar-refractivity contribution is 0.203. The number of carbonyl (C=O) groups excluding carboxylic acids is 1. The second-order valence-corrected chi connectivity index (χ2v) is 6.03. The van der Waals surface area contributed by atoms with Crippen molar-refractivity contribution in [2.45, 2.75) is 32.2 Å². The van der Waals surface area contributed by atoms with E-state index in [1.54, 1.807) is 4.90 Å². The van der Waals surface area contributed by atoms with Gasteiger partial charge in [-0.1, -0.05) is 42.5 Å². The van der Waals surface area contributed by atoms with Crippen LogP contribution in [0.3, 0.4) is 0 Å². The van der Waals surface area contributed by atoms with Crippen LogP contribution in [0.5, 0.6) is 0 Å². The second kappa shape index (κ2) is 8.53. The summed E-state index contributed by atoms with van der Waals surface area (Å²) in [6, 6.07) is 14.6. The fourth-order valence-electron chi connectivity index (χ4n) is 2.69. The highest BCUT2D eigenvalue weighted by Crippen LogP contribution is 2.19. The molecule has 0 saturated carbocycles. The number of aliphatic hydroxyl groups excluding tert-OH is 1. The maximum absolute atomic E-state index is 12.2. The zero-order valence-corrected chi connectivity index (χ0v) is 14.0. The number of aliphatic hydroxyl groups is 1. The minimum Gasteiger partial charge on any atom is -0.396 e. The lowest BCUT2D eigenvalue weighted by Gasteiger charge is -2.21. The zero-order valence-electron chi connectivity index (χ0n) is 14.0. The van der Waals surface area contributed by atoms with E-state index in [2.05, 4.69) is 35.6 Å². The van der Waals surface area contributed by atoms with Crippen LogP contribution in [0.4, 0.5) is 4.79 Å². The molecule has 124 valence electrons. The van der Waals surface area contributed by atoms with Crippen molar-refractivity contribution < 1.29 is 9.90 Å². The van der Waals surface area contributed by atoms with Crippen molar-refractivity contribution in [3.63, 3.8) is 0 Å². The fourth-order valence-corrected chi connectivity index (χ4v) is 2.69. The molecule has 2 aromatic carbocycles. The highest BCUT2D eigenvalue weighted by Gasteiger charge is 2.12. The van der Waals surface area contributed by atoms with Crippen molar-refractivity contribution in [1.82, 2.24) is 10.2 Å². The van der Waals surface area contributed by atoms with Crippen molar-refractivity contribution in [3.05, 3.63) is 48.0 Å². The van der Waals surface area contributed by atoms with Crippen LogP contribution in [-0.4, -0.2) is 42.3 Å². The van der Waals surface area contributed by atoms with E-state index in [1.165, 1.54) is 16.3 Å². The summed E-state index contributed by atoms with van der Waals surface area (Å²) < 4.78 is 0. The van der Waals surface area contributed by atoms with Crippen molar-refractivity contribution in [3.8, 4) is 0 Å². The number of nitrogens with one attached hydrogen (secondary N) is 1. The molecule has 2 rings (SSSR count). The molecule has 0 saturated heterocycles. The van der Waals surface area contributed by atoms with Crippen molar-refractivity contribution >= 4 is 16.8 Å². The molecule has 4 nitrogen and oxygen atoms in total. The second-order valence-electron chi connectivity index (χ2n) is 6.03. The number of likely N-dealkylation sites (N-methyl/N-ethyl adjacent to an activating group) is 1. The standard InChI is InChI=1S/C19H26N2O2/c1-15(7-6-14-22)20-19(23)21(2)13-12-17-10-5-9-16-8-3-4-11-18(16)17/h3-5,8-11,15,22H,6-7,12-14H2,1-2H3,(H,20,23). The number of urea groups is 1. The summed E-state index contributed by atoms with van der Waals surface area (Å²) in [4.78, 5) is 13.9. The molecule has 1 unspecified atom stereocenters. The number of amides is 2. The van der Waals surface area contributed by atoms with Crippen LogP contribution >= 0.6 is 0 Å². The van der Waals surface area contributed by atoms with Crippen LogP contribution in [0.15, 0.2) is 42.5 Å². The lowest BCUT2D eigenvalue weighted by atomic mass is 10.0. The number of hydrogen-bond donors (Lipinski definition) is 2. The van der Waals surface area contributed by atoms with Crippen LogP contribution in [0.1, 0.15) is 25.3 Å². The van der Waals surface area contributed by atoms with Gasteiger partial charge in [-0.3, -0.25) is 0 Å². The van der Waals surface area contributed by atoms with E-state index in [0.717, 1.165) is 12.8 Å². The third-order valence-electron chi connectivity index (χ3n) is 4.11. The van der Waals surface area contributed by atoms with Gasteiger partial charge in [0.1, 0.15) is 0 Å². The Labute approximate surface area is 138 Å². The first kappa shape index (κ1) is 17.3. The van der Waals surface area contributed by atoms with E-state index in [4.69, 9.17) is 5.11 Å². The first-order valence-corrected chi connectivity index (χ1v) is 8.21. The molecule has 0 spiro atoms. The molecule has 4 heteroatoms. The Balaban J connectivity index is 1.90. The van der Waals surface area contributed by atoms with Crippen molar-refractivity contribution in [2.75, 3.05) is 20.2 Å². The molecule has 2 amide bonds. The van der Waals surface area contributed by atoms with Crippen LogP contribution in [0.2, 0.25) is 0 Å². The molecule has 0 bridgehead atoms. The number of benzene rings is 2. The molecule has 0 fully saturated rings. The number of fused-ring (bicyclic) bond motifs is 1. The van der Waals surface area contributed by atoms with Gasteiger partial charge in [0, 0.05) is 26.2 Å². The number of carbonyl (C=O) groups is 1. The Morgan fingerprint density at radius 3 is 2.74 bits per heavy atom. The highest BCUT2D eigenvalue weighted by atomic mass is 16.3. The number of nitrogens with zero attached hydrogens (tertiary/aromatic N) is 1. The molecule has 0 aliphatic rings. The van der Waals surface area contributed by atoms with Gasteiger partial charge in [0.15, 0.2) is 0 Å². The minimum atomic E-state index is -0.0596. The summed E-state index contributed by atoms with van der Waals surface area (Å²) in [5, 5.41) is 14.3. The van der Waals surface area contributed by atoms with E-state index in [9.17, 15) is 4.79 Å². The van der Waals surface area contributed by atoms with Gasteiger partial charge in [-0.25, -0.2) is 4.79 Å². The molecule has 1 atom stereocenters. The normalized spacial score (nSPS) is 12.1. The van der Waals surface area contributed by atoms with Gasteiger partial charge in [0.2, 0.25) is 0 Å². The van der Waals surface area contributed by atoms with Crippen molar-refractivity contribution in [1.29, 1.82) is 0 Å². The summed E-state index contributed by atoms with van der Waals surface area (Å²) in [6.07, 6.45) is 2.33. The topological polar surface area (TPSA) is 52.6 Å². The van der Waals surface area contributed by atoms with E-state index in [1.807, 2.05) is 26.1 Å². The monoisotopic (exact) mass is 314 g/mol. The van der Waals surface area contributed by atoms with Gasteiger partial charge in [0.05, 0.1) is 0 Å². The summed E-state index contributed by atoms with van der Waals surface area (Å²) in [5.41, 5.74) is 1.26. The van der Waals surface area contributed by atoms with E-state index >= 15 is 0 Å². The average molecular weight is 314 g/mol. The third kappa shape index (κ3) is 4.96. The van der Waals surface area contributed by atoms with Crippen LogP contribution in [0, 0.1) is 0 Å². The Kier molecular flexibility index (Phi) is 6.41. The Hall–Kier alpha value is -2.07. The van der Waals surface area contributed by atoms with E-state index in [0.29, 0.717) is 13.0 Å². The third-order valence-corrected chi connectivity index (χ3v) is 4.11. The van der Waals surface area contributed by atoms with Gasteiger partial charge in [-0.15, -0.1) is 0 Å². The maximum atomic E-state index is 12.2. The van der Waals surface area contributed by atoms with E-state index < -0.39 is 0 Å². The smallest absolute Gasteiger partial charge is 0.317 e. The quantitative estimate of drug-likeness (QED) is 0.824. The van der Waals surface area contributed by atoms with E-state index in [-0.39, 0.29) is 18.7 Å². The highest BCUT2D eigenvalue weighted by molar-refractivity contribution is 5.85. The molecular formula is C19H26N2O2. The SMILES string of the molecule is CC(CCCO)NC(=O)N(C)CCc1cccc2ccccc12. The molecule has 23 heavy (non-hydrogen) atoms. The Morgan fingerprint density at radius 2 is 1.96 bits per heavy atom. The summed E-state index contributed by atoms with van der Waals surface area (Å²) in [6.45, 7) is 2.80. The largest absolute Gasteiger partial charge is 0.396 e. The van der Waals surface area contributed by atoms with Gasteiger partial charge < -0.3 is 15.3 Å². The van der Waals surface area contributed by atoms with Gasteiger partial charge in [-0.2, -0.15) is 0 Å². The predicted octanol–water partition coefficient (Wildman–Crippen LogP) is 3.18. The summed E-state index contributed by atoms with van der Waals surface area (Å²) in [7, 11) is 1.82. The minimum absolute atomic E-state index is 0.0596. The lowest BCUT2D eigenvalue weighted by Crippen LogP contribution is -2.42. The van der Waals surface area contributed by atoms with Crippen LogP contribution in [0.25, 0.3) is 10.8 Å². The molecular weight excluding hydrogens is 288 g/mol. The molecule has 2 aromatic rings. The first-order valence-electron chi connectivity index (χ1n) is 8.21. The average Bonchev–Trinajstić information content (AvgIpc) is 2.57. The molecule has 0 radical (unpaired) electrons. The Bertz CT molecular complexity index is 637.